The number of anilines is 1. The molecule has 0 radical (unpaired) electrons. The number of carbonyl (C=O) groups is 2. The molecule has 0 atom stereocenters. The van der Waals surface area contributed by atoms with E-state index in [0.717, 1.165) is 18.2 Å². The summed E-state index contributed by atoms with van der Waals surface area (Å²) in [5.41, 5.74) is -1.59. The van der Waals surface area contributed by atoms with Crippen molar-refractivity contribution in [2.75, 3.05) is 5.32 Å². The fourth-order valence-electron chi connectivity index (χ4n) is 2.33. The highest BCUT2D eigenvalue weighted by molar-refractivity contribution is 6.09. The lowest BCUT2D eigenvalue weighted by Crippen LogP contribution is -2.40. The normalized spacial score (nSPS) is 10.8. The van der Waals surface area contributed by atoms with Gasteiger partial charge in [-0.3, -0.25) is 29.8 Å². The number of rotatable bonds is 5. The number of nitro groups is 2. The summed E-state index contributed by atoms with van der Waals surface area (Å²) < 4.78 is 0. The van der Waals surface area contributed by atoms with Gasteiger partial charge in [0.25, 0.3) is 23.2 Å². The van der Waals surface area contributed by atoms with Crippen molar-refractivity contribution in [3.8, 4) is 0 Å². The van der Waals surface area contributed by atoms with Crippen LogP contribution in [0.2, 0.25) is 0 Å². The minimum Gasteiger partial charge on any atom is -0.347 e. The summed E-state index contributed by atoms with van der Waals surface area (Å²) in [6, 6.07) is 8.83. The Labute approximate surface area is 159 Å². The zero-order valence-electron chi connectivity index (χ0n) is 15.4. The van der Waals surface area contributed by atoms with Crippen molar-refractivity contribution in [1.82, 2.24) is 5.32 Å². The molecule has 2 amide bonds. The van der Waals surface area contributed by atoms with E-state index in [2.05, 4.69) is 10.6 Å². The molecule has 2 rings (SSSR count). The number of hydrogen-bond acceptors (Lipinski definition) is 6. The van der Waals surface area contributed by atoms with Crippen molar-refractivity contribution in [1.29, 1.82) is 0 Å². The van der Waals surface area contributed by atoms with Crippen molar-refractivity contribution in [2.24, 2.45) is 0 Å². The molecule has 0 aliphatic heterocycles. The first-order chi connectivity index (χ1) is 13.0. The molecular weight excluding hydrogens is 368 g/mol. The molecule has 0 heterocycles. The minimum absolute atomic E-state index is 0.170. The van der Waals surface area contributed by atoms with Crippen LogP contribution in [0.5, 0.6) is 0 Å². The number of hydrogen-bond donors (Lipinski definition) is 2. The second-order valence-electron chi connectivity index (χ2n) is 6.96. The van der Waals surface area contributed by atoms with Crippen LogP contribution >= 0.6 is 0 Å². The van der Waals surface area contributed by atoms with Crippen LogP contribution in [0.4, 0.5) is 17.1 Å². The number of carbonyl (C=O) groups excluding carboxylic acids is 2. The predicted molar refractivity (Wildman–Crippen MR) is 101 cm³/mol. The number of nitro benzene ring substituents is 2. The van der Waals surface area contributed by atoms with Crippen LogP contribution in [-0.4, -0.2) is 27.2 Å². The molecular formula is C18H18N4O6. The molecule has 28 heavy (non-hydrogen) atoms. The third-order valence-electron chi connectivity index (χ3n) is 3.49. The lowest BCUT2D eigenvalue weighted by Gasteiger charge is -2.21. The highest BCUT2D eigenvalue weighted by Crippen LogP contribution is 2.24. The molecule has 0 saturated heterocycles. The Kier molecular flexibility index (Phi) is 5.73. The van der Waals surface area contributed by atoms with E-state index in [0.29, 0.717) is 0 Å². The minimum atomic E-state index is -0.825. The van der Waals surface area contributed by atoms with E-state index in [9.17, 15) is 29.8 Å². The molecule has 10 heteroatoms. The summed E-state index contributed by atoms with van der Waals surface area (Å²) in [7, 11) is 0. The maximum atomic E-state index is 12.5. The van der Waals surface area contributed by atoms with Gasteiger partial charge in [-0.25, -0.2) is 0 Å². The Morgan fingerprint density at radius 1 is 0.893 bits per heavy atom. The molecule has 0 aliphatic rings. The van der Waals surface area contributed by atoms with Crippen LogP contribution in [-0.2, 0) is 0 Å². The van der Waals surface area contributed by atoms with Gasteiger partial charge in [0, 0.05) is 17.7 Å². The quantitative estimate of drug-likeness (QED) is 0.596. The van der Waals surface area contributed by atoms with Crippen molar-refractivity contribution in [3.63, 3.8) is 0 Å². The molecule has 10 nitrogen and oxygen atoms in total. The van der Waals surface area contributed by atoms with Crippen molar-refractivity contribution < 1.29 is 19.4 Å². The number of nitrogens with one attached hydrogen (secondary N) is 2. The number of benzene rings is 2. The van der Waals surface area contributed by atoms with Crippen molar-refractivity contribution in [3.05, 3.63) is 73.8 Å². The van der Waals surface area contributed by atoms with E-state index in [1.54, 1.807) is 32.9 Å². The highest BCUT2D eigenvalue weighted by atomic mass is 16.6. The van der Waals surface area contributed by atoms with Crippen LogP contribution in [0.25, 0.3) is 0 Å². The van der Waals surface area contributed by atoms with E-state index in [-0.39, 0.29) is 16.8 Å². The molecule has 0 bridgehead atoms. The van der Waals surface area contributed by atoms with Crippen molar-refractivity contribution in [2.45, 2.75) is 26.3 Å². The molecule has 0 fully saturated rings. The van der Waals surface area contributed by atoms with Gasteiger partial charge in [-0.2, -0.15) is 0 Å². The standard InChI is InChI=1S/C18H18N4O6/c1-18(2,3)20-17(24)14-6-4-5-7-15(14)19-16(23)11-8-12(21(25)26)10-13(9-11)22(27)28/h4-10H,1-3H3,(H,19,23)(H,20,24). The van der Waals surface area contributed by atoms with Crippen LogP contribution in [0, 0.1) is 20.2 Å². The second kappa shape index (κ2) is 7.82. The molecule has 2 N–H and O–H groups in total. The lowest BCUT2D eigenvalue weighted by molar-refractivity contribution is -0.394. The van der Waals surface area contributed by atoms with Gasteiger partial charge in [0.05, 0.1) is 32.7 Å². The summed E-state index contributed by atoms with van der Waals surface area (Å²) in [6.07, 6.45) is 0. The van der Waals surface area contributed by atoms with Gasteiger partial charge in [-0.15, -0.1) is 0 Å². The summed E-state index contributed by atoms with van der Waals surface area (Å²) >= 11 is 0. The van der Waals surface area contributed by atoms with Gasteiger partial charge in [-0.05, 0) is 32.9 Å². The summed E-state index contributed by atoms with van der Waals surface area (Å²) in [6.45, 7) is 5.40. The van der Waals surface area contributed by atoms with E-state index >= 15 is 0 Å². The third-order valence-corrected chi connectivity index (χ3v) is 3.49. The average molecular weight is 386 g/mol. The highest BCUT2D eigenvalue weighted by Gasteiger charge is 2.22. The smallest absolute Gasteiger partial charge is 0.277 e. The molecule has 0 saturated carbocycles. The van der Waals surface area contributed by atoms with Gasteiger partial charge in [0.2, 0.25) is 0 Å². The Morgan fingerprint density at radius 2 is 1.43 bits per heavy atom. The van der Waals surface area contributed by atoms with E-state index < -0.39 is 38.6 Å². The third kappa shape index (κ3) is 5.10. The summed E-state index contributed by atoms with van der Waals surface area (Å²) in [4.78, 5) is 45.3. The number of non-ortho nitro benzene ring substituents is 2. The fourth-order valence-corrected chi connectivity index (χ4v) is 2.33. The Hall–Kier alpha value is -3.82. The Bertz CT molecular complexity index is 933. The van der Waals surface area contributed by atoms with Crippen LogP contribution in [0.3, 0.4) is 0 Å². The maximum absolute atomic E-state index is 12.5. The zero-order valence-corrected chi connectivity index (χ0v) is 15.4. The Balaban J connectivity index is 2.37. The largest absolute Gasteiger partial charge is 0.347 e. The topological polar surface area (TPSA) is 144 Å². The first-order valence-electron chi connectivity index (χ1n) is 8.15. The second-order valence-corrected chi connectivity index (χ2v) is 6.96. The van der Waals surface area contributed by atoms with Gasteiger partial charge < -0.3 is 10.6 Å². The van der Waals surface area contributed by atoms with Crippen LogP contribution in [0.15, 0.2) is 42.5 Å². The maximum Gasteiger partial charge on any atom is 0.277 e. The predicted octanol–water partition coefficient (Wildman–Crippen LogP) is 3.28. The molecule has 0 unspecified atom stereocenters. The first kappa shape index (κ1) is 20.5. The molecule has 2 aromatic carbocycles. The molecule has 0 spiro atoms. The fraction of sp³-hybridized carbons (Fsp3) is 0.222. The zero-order chi connectivity index (χ0) is 21.1. The SMILES string of the molecule is CC(C)(C)NC(=O)c1ccccc1NC(=O)c1cc([N+](=O)[O-])cc([N+](=O)[O-])c1. The van der Waals surface area contributed by atoms with E-state index in [1.165, 1.54) is 12.1 Å². The molecule has 146 valence electrons. The van der Waals surface area contributed by atoms with Gasteiger partial charge in [0.15, 0.2) is 0 Å². The average Bonchev–Trinajstić information content (AvgIpc) is 2.60. The number of amides is 2. The Morgan fingerprint density at radius 3 is 1.93 bits per heavy atom. The number of nitrogens with zero attached hydrogens (tertiary/aromatic N) is 2. The molecule has 0 aliphatic carbocycles. The van der Waals surface area contributed by atoms with Gasteiger partial charge in [-0.1, -0.05) is 12.1 Å². The lowest BCUT2D eigenvalue weighted by atomic mass is 10.1. The van der Waals surface area contributed by atoms with Crippen molar-refractivity contribution >= 4 is 28.9 Å². The van der Waals surface area contributed by atoms with E-state index in [1.807, 2.05) is 0 Å². The summed E-state index contributed by atoms with van der Waals surface area (Å²) in [5.74, 6) is -1.24. The monoisotopic (exact) mass is 386 g/mol. The van der Waals surface area contributed by atoms with Gasteiger partial charge in [0.1, 0.15) is 0 Å². The molecule has 0 aromatic heterocycles. The summed E-state index contributed by atoms with van der Waals surface area (Å²) in [5, 5.41) is 27.2. The number of para-hydroxylation sites is 1. The van der Waals surface area contributed by atoms with Crippen LogP contribution in [0.1, 0.15) is 41.5 Å². The van der Waals surface area contributed by atoms with Crippen LogP contribution < -0.4 is 10.6 Å². The first-order valence-corrected chi connectivity index (χ1v) is 8.15. The van der Waals surface area contributed by atoms with E-state index in [4.69, 9.17) is 0 Å². The molecule has 2 aromatic rings. The van der Waals surface area contributed by atoms with Gasteiger partial charge >= 0.3 is 0 Å².